The monoisotopic (exact) mass is 415 g/mol. The molecule has 1 heterocycles. The highest BCUT2D eigenvalue weighted by Crippen LogP contribution is 2.25. The lowest BCUT2D eigenvalue weighted by Gasteiger charge is -2.31. The molecule has 1 N–H and O–H groups in total. The van der Waals surface area contributed by atoms with E-state index in [2.05, 4.69) is 10.2 Å². The van der Waals surface area contributed by atoms with Crippen LogP contribution in [0.1, 0.15) is 34.0 Å². The van der Waals surface area contributed by atoms with Gasteiger partial charge in [-0.2, -0.15) is 4.31 Å². The van der Waals surface area contributed by atoms with Crippen LogP contribution in [0.4, 0.5) is 5.69 Å². The molecule has 29 heavy (non-hydrogen) atoms. The zero-order valence-electron chi connectivity index (χ0n) is 17.5. The molecule has 3 rings (SSSR count). The lowest BCUT2D eigenvalue weighted by Crippen LogP contribution is -2.47. The number of amides is 1. The molecule has 2 aromatic carbocycles. The van der Waals surface area contributed by atoms with Gasteiger partial charge in [-0.3, -0.25) is 4.79 Å². The topological polar surface area (TPSA) is 69.7 Å². The summed E-state index contributed by atoms with van der Waals surface area (Å²) in [4.78, 5) is 15.3. The van der Waals surface area contributed by atoms with Gasteiger partial charge in [0.25, 0.3) is 5.91 Å². The van der Waals surface area contributed by atoms with Crippen molar-refractivity contribution in [2.75, 3.05) is 38.5 Å². The van der Waals surface area contributed by atoms with Gasteiger partial charge in [-0.25, -0.2) is 8.42 Å². The van der Waals surface area contributed by atoms with Crippen LogP contribution < -0.4 is 5.32 Å². The Bertz CT molecular complexity index is 1010. The minimum atomic E-state index is -3.63. The predicted octanol–water partition coefficient (Wildman–Crippen LogP) is 3.05. The molecule has 0 atom stereocenters. The maximum Gasteiger partial charge on any atom is 0.255 e. The fraction of sp³-hybridized carbons (Fsp3) is 0.409. The molecule has 1 amide bonds. The first-order valence-corrected chi connectivity index (χ1v) is 11.4. The van der Waals surface area contributed by atoms with Crippen molar-refractivity contribution < 1.29 is 13.2 Å². The highest BCUT2D eigenvalue weighted by Gasteiger charge is 2.28. The Hall–Kier alpha value is -2.22. The number of nitrogens with zero attached hydrogens (tertiary/aromatic N) is 2. The van der Waals surface area contributed by atoms with Gasteiger partial charge in [0.15, 0.2) is 0 Å². The van der Waals surface area contributed by atoms with Crippen molar-refractivity contribution >= 4 is 21.6 Å². The fourth-order valence-corrected chi connectivity index (χ4v) is 5.02. The SMILES string of the molecule is CCc1cccc(C)c1NC(=O)c1cc(S(=O)(=O)N2CCN(C)CC2)ccc1C. The van der Waals surface area contributed by atoms with Gasteiger partial charge in [-0.05, 0) is 56.1 Å². The van der Waals surface area contributed by atoms with Gasteiger partial charge in [-0.1, -0.05) is 31.2 Å². The molecular formula is C22H29N3O3S. The summed E-state index contributed by atoms with van der Waals surface area (Å²) in [6, 6.07) is 10.7. The van der Waals surface area contributed by atoms with E-state index in [9.17, 15) is 13.2 Å². The van der Waals surface area contributed by atoms with Gasteiger partial charge < -0.3 is 10.2 Å². The number of likely N-dealkylation sites (N-methyl/N-ethyl adjacent to an activating group) is 1. The van der Waals surface area contributed by atoms with Crippen LogP contribution in [0, 0.1) is 13.8 Å². The fourth-order valence-electron chi connectivity index (χ4n) is 3.57. The van der Waals surface area contributed by atoms with E-state index >= 15 is 0 Å². The Balaban J connectivity index is 1.91. The third-order valence-corrected chi connectivity index (χ3v) is 7.43. The van der Waals surface area contributed by atoms with Crippen LogP contribution in [0.2, 0.25) is 0 Å². The van der Waals surface area contributed by atoms with E-state index < -0.39 is 10.0 Å². The van der Waals surface area contributed by atoms with Gasteiger partial charge in [0.05, 0.1) is 4.90 Å². The molecule has 0 saturated carbocycles. The average molecular weight is 416 g/mol. The van der Waals surface area contributed by atoms with Crippen molar-refractivity contribution in [3.63, 3.8) is 0 Å². The molecule has 1 saturated heterocycles. The Kier molecular flexibility index (Phi) is 6.41. The number of aryl methyl sites for hydroxylation is 3. The average Bonchev–Trinajstić information content (AvgIpc) is 2.70. The number of carbonyl (C=O) groups excluding carboxylic acids is 1. The van der Waals surface area contributed by atoms with Crippen molar-refractivity contribution in [3.05, 3.63) is 58.7 Å². The molecule has 0 spiro atoms. The first kappa shape index (κ1) is 21.5. The van der Waals surface area contributed by atoms with E-state index in [-0.39, 0.29) is 10.8 Å². The van der Waals surface area contributed by atoms with Gasteiger partial charge in [0.1, 0.15) is 0 Å². The maximum atomic E-state index is 13.1. The van der Waals surface area contributed by atoms with E-state index in [0.29, 0.717) is 31.7 Å². The highest BCUT2D eigenvalue weighted by molar-refractivity contribution is 7.89. The second-order valence-electron chi connectivity index (χ2n) is 7.60. The Morgan fingerprint density at radius 2 is 1.72 bits per heavy atom. The van der Waals surface area contributed by atoms with Crippen molar-refractivity contribution in [2.45, 2.75) is 32.1 Å². The number of piperazine rings is 1. The quantitative estimate of drug-likeness (QED) is 0.815. The van der Waals surface area contributed by atoms with Crippen molar-refractivity contribution in [1.29, 1.82) is 0 Å². The van der Waals surface area contributed by atoms with E-state index in [0.717, 1.165) is 28.8 Å². The van der Waals surface area contributed by atoms with Gasteiger partial charge in [-0.15, -0.1) is 0 Å². The van der Waals surface area contributed by atoms with E-state index in [1.54, 1.807) is 12.1 Å². The summed E-state index contributed by atoms with van der Waals surface area (Å²) in [5.41, 5.74) is 3.96. The van der Waals surface area contributed by atoms with E-state index in [1.165, 1.54) is 10.4 Å². The Morgan fingerprint density at radius 3 is 2.38 bits per heavy atom. The summed E-state index contributed by atoms with van der Waals surface area (Å²) in [6.45, 7) is 8.13. The summed E-state index contributed by atoms with van der Waals surface area (Å²) in [6.07, 6.45) is 0.800. The molecule has 6 nitrogen and oxygen atoms in total. The minimum Gasteiger partial charge on any atom is -0.321 e. The molecule has 0 aliphatic carbocycles. The van der Waals surface area contributed by atoms with Crippen LogP contribution in [-0.4, -0.2) is 56.8 Å². The Morgan fingerprint density at radius 1 is 1.03 bits per heavy atom. The third kappa shape index (κ3) is 4.52. The zero-order chi connectivity index (χ0) is 21.2. The van der Waals surface area contributed by atoms with Crippen molar-refractivity contribution in [1.82, 2.24) is 9.21 Å². The number of para-hydroxylation sites is 1. The van der Waals surface area contributed by atoms with Crippen LogP contribution in [0.3, 0.4) is 0 Å². The van der Waals surface area contributed by atoms with Gasteiger partial charge in [0, 0.05) is 37.4 Å². The first-order chi connectivity index (χ1) is 13.7. The smallest absolute Gasteiger partial charge is 0.255 e. The van der Waals surface area contributed by atoms with E-state index in [1.807, 2.05) is 46.0 Å². The van der Waals surface area contributed by atoms with Crippen molar-refractivity contribution in [2.24, 2.45) is 0 Å². The highest BCUT2D eigenvalue weighted by atomic mass is 32.2. The predicted molar refractivity (Wildman–Crippen MR) is 116 cm³/mol. The van der Waals surface area contributed by atoms with Crippen LogP contribution in [0.25, 0.3) is 0 Å². The molecule has 7 heteroatoms. The number of hydrogen-bond donors (Lipinski definition) is 1. The number of sulfonamides is 1. The second-order valence-corrected chi connectivity index (χ2v) is 9.54. The van der Waals surface area contributed by atoms with Gasteiger partial charge in [0.2, 0.25) is 10.0 Å². The van der Waals surface area contributed by atoms with Crippen LogP contribution >= 0.6 is 0 Å². The molecule has 1 aliphatic rings. The molecule has 1 aliphatic heterocycles. The number of carbonyl (C=O) groups is 1. The lowest BCUT2D eigenvalue weighted by atomic mass is 10.0. The molecular weight excluding hydrogens is 386 g/mol. The molecule has 1 fully saturated rings. The summed E-state index contributed by atoms with van der Waals surface area (Å²) in [5, 5.41) is 3.00. The number of hydrogen-bond acceptors (Lipinski definition) is 4. The van der Waals surface area contributed by atoms with Crippen LogP contribution in [-0.2, 0) is 16.4 Å². The molecule has 2 aromatic rings. The van der Waals surface area contributed by atoms with E-state index in [4.69, 9.17) is 0 Å². The molecule has 0 radical (unpaired) electrons. The standard InChI is InChI=1S/C22H29N3O3S/c1-5-18-8-6-7-17(3)21(18)23-22(26)20-15-19(10-9-16(20)2)29(27,28)25-13-11-24(4)12-14-25/h6-10,15H,5,11-14H2,1-4H3,(H,23,26). The summed E-state index contributed by atoms with van der Waals surface area (Å²) >= 11 is 0. The molecule has 0 bridgehead atoms. The van der Waals surface area contributed by atoms with Crippen LogP contribution in [0.5, 0.6) is 0 Å². The largest absolute Gasteiger partial charge is 0.321 e. The number of nitrogens with one attached hydrogen (secondary N) is 1. The molecule has 0 aromatic heterocycles. The summed E-state index contributed by atoms with van der Waals surface area (Å²) in [5.74, 6) is -0.290. The Labute approximate surface area is 173 Å². The molecule has 0 unspecified atom stereocenters. The number of benzene rings is 2. The lowest BCUT2D eigenvalue weighted by molar-refractivity contribution is 0.102. The second kappa shape index (κ2) is 8.65. The van der Waals surface area contributed by atoms with Crippen LogP contribution in [0.15, 0.2) is 41.3 Å². The van der Waals surface area contributed by atoms with Gasteiger partial charge >= 0.3 is 0 Å². The third-order valence-electron chi connectivity index (χ3n) is 5.53. The van der Waals surface area contributed by atoms with Crippen molar-refractivity contribution in [3.8, 4) is 0 Å². The molecule has 156 valence electrons. The number of rotatable bonds is 5. The summed E-state index contributed by atoms with van der Waals surface area (Å²) < 4.78 is 27.6. The number of anilines is 1. The summed E-state index contributed by atoms with van der Waals surface area (Å²) in [7, 11) is -1.64. The maximum absolute atomic E-state index is 13.1. The minimum absolute atomic E-state index is 0.165. The normalized spacial score (nSPS) is 16.0. The first-order valence-electron chi connectivity index (χ1n) is 9.93. The zero-order valence-corrected chi connectivity index (χ0v) is 18.3.